The molecule has 2 N–H and O–H groups in total. The summed E-state index contributed by atoms with van der Waals surface area (Å²) in [5.41, 5.74) is 0. The standard InChI is InChI=1S/C13H26N2O2/c1-2-3-9-15(10-11-16)13(17)12-7-5-4-6-8-14-12/h12,14,16H,2-11H2,1H3. The number of amides is 1. The van der Waals surface area contributed by atoms with Crippen molar-refractivity contribution in [3.05, 3.63) is 0 Å². The van der Waals surface area contributed by atoms with Crippen LogP contribution in [0, 0.1) is 0 Å². The molecule has 1 saturated heterocycles. The predicted molar refractivity (Wildman–Crippen MR) is 68.8 cm³/mol. The van der Waals surface area contributed by atoms with Crippen LogP contribution in [0.4, 0.5) is 0 Å². The van der Waals surface area contributed by atoms with Gasteiger partial charge in [-0.05, 0) is 25.8 Å². The van der Waals surface area contributed by atoms with Crippen LogP contribution in [0.2, 0.25) is 0 Å². The number of nitrogens with one attached hydrogen (secondary N) is 1. The molecule has 0 spiro atoms. The zero-order valence-corrected chi connectivity index (χ0v) is 11.0. The first kappa shape index (κ1) is 14.5. The first-order chi connectivity index (χ1) is 8.29. The molecule has 1 fully saturated rings. The van der Waals surface area contributed by atoms with Gasteiger partial charge in [0.05, 0.1) is 12.6 Å². The average Bonchev–Trinajstić information content (AvgIpc) is 2.62. The molecule has 4 heteroatoms. The van der Waals surface area contributed by atoms with Crippen molar-refractivity contribution in [2.45, 2.75) is 51.5 Å². The Hall–Kier alpha value is -0.610. The van der Waals surface area contributed by atoms with E-state index in [0.717, 1.165) is 38.8 Å². The molecule has 0 radical (unpaired) electrons. The van der Waals surface area contributed by atoms with E-state index in [4.69, 9.17) is 5.11 Å². The minimum atomic E-state index is -0.0269. The summed E-state index contributed by atoms with van der Waals surface area (Å²) in [6.45, 7) is 4.36. The number of unbranched alkanes of at least 4 members (excludes halogenated alkanes) is 1. The molecule has 0 aromatic heterocycles. The highest BCUT2D eigenvalue weighted by Gasteiger charge is 2.24. The number of hydrogen-bond acceptors (Lipinski definition) is 3. The molecule has 1 aliphatic heterocycles. The lowest BCUT2D eigenvalue weighted by Gasteiger charge is -2.26. The molecule has 0 bridgehead atoms. The second-order valence-corrected chi connectivity index (χ2v) is 4.76. The summed E-state index contributed by atoms with van der Waals surface area (Å²) >= 11 is 0. The lowest BCUT2D eigenvalue weighted by Crippen LogP contribution is -2.47. The second-order valence-electron chi connectivity index (χ2n) is 4.76. The minimum Gasteiger partial charge on any atom is -0.395 e. The highest BCUT2D eigenvalue weighted by Crippen LogP contribution is 2.11. The highest BCUT2D eigenvalue weighted by molar-refractivity contribution is 5.81. The van der Waals surface area contributed by atoms with Gasteiger partial charge < -0.3 is 15.3 Å². The van der Waals surface area contributed by atoms with Gasteiger partial charge in [-0.3, -0.25) is 4.79 Å². The maximum absolute atomic E-state index is 12.3. The van der Waals surface area contributed by atoms with Crippen LogP contribution in [-0.4, -0.2) is 48.2 Å². The topological polar surface area (TPSA) is 52.6 Å². The highest BCUT2D eigenvalue weighted by atomic mass is 16.3. The van der Waals surface area contributed by atoms with E-state index in [1.165, 1.54) is 12.8 Å². The third-order valence-corrected chi connectivity index (χ3v) is 3.32. The molecule has 100 valence electrons. The van der Waals surface area contributed by atoms with Crippen LogP contribution in [0.5, 0.6) is 0 Å². The number of carbonyl (C=O) groups excluding carboxylic acids is 1. The minimum absolute atomic E-state index is 0.0269. The maximum Gasteiger partial charge on any atom is 0.239 e. The zero-order valence-electron chi connectivity index (χ0n) is 11.0. The van der Waals surface area contributed by atoms with Crippen molar-refractivity contribution in [2.75, 3.05) is 26.2 Å². The number of aliphatic hydroxyl groups excluding tert-OH is 1. The molecular formula is C13H26N2O2. The van der Waals surface area contributed by atoms with Crippen LogP contribution < -0.4 is 5.32 Å². The van der Waals surface area contributed by atoms with Crippen LogP contribution in [-0.2, 0) is 4.79 Å². The SMILES string of the molecule is CCCCN(CCO)C(=O)C1CCCCCN1. The average molecular weight is 242 g/mol. The molecule has 0 aromatic rings. The van der Waals surface area contributed by atoms with Crippen LogP contribution in [0.3, 0.4) is 0 Å². The third kappa shape index (κ3) is 5.04. The van der Waals surface area contributed by atoms with Crippen molar-refractivity contribution in [2.24, 2.45) is 0 Å². The van der Waals surface area contributed by atoms with Gasteiger partial charge in [0.25, 0.3) is 0 Å². The maximum atomic E-state index is 12.3. The fourth-order valence-electron chi connectivity index (χ4n) is 2.26. The molecule has 1 amide bonds. The Morgan fingerprint density at radius 1 is 1.35 bits per heavy atom. The monoisotopic (exact) mass is 242 g/mol. The Morgan fingerprint density at radius 3 is 2.88 bits per heavy atom. The summed E-state index contributed by atoms with van der Waals surface area (Å²) in [4.78, 5) is 14.1. The van der Waals surface area contributed by atoms with E-state index in [2.05, 4.69) is 12.2 Å². The Bertz CT molecular complexity index is 213. The molecular weight excluding hydrogens is 216 g/mol. The molecule has 4 nitrogen and oxygen atoms in total. The van der Waals surface area contributed by atoms with E-state index < -0.39 is 0 Å². The van der Waals surface area contributed by atoms with E-state index in [0.29, 0.717) is 6.54 Å². The summed E-state index contributed by atoms with van der Waals surface area (Å²) in [5, 5.41) is 12.3. The largest absolute Gasteiger partial charge is 0.395 e. The van der Waals surface area contributed by atoms with Crippen LogP contribution in [0.1, 0.15) is 45.4 Å². The van der Waals surface area contributed by atoms with Crippen molar-refractivity contribution >= 4 is 5.91 Å². The van der Waals surface area contributed by atoms with Gasteiger partial charge in [-0.2, -0.15) is 0 Å². The number of rotatable bonds is 6. The Morgan fingerprint density at radius 2 is 2.18 bits per heavy atom. The van der Waals surface area contributed by atoms with E-state index in [1.54, 1.807) is 0 Å². The second kappa shape index (κ2) is 8.48. The van der Waals surface area contributed by atoms with Crippen LogP contribution in [0.25, 0.3) is 0 Å². The van der Waals surface area contributed by atoms with Gasteiger partial charge >= 0.3 is 0 Å². The summed E-state index contributed by atoms with van der Waals surface area (Å²) in [6, 6.07) is -0.0269. The third-order valence-electron chi connectivity index (χ3n) is 3.32. The number of carbonyl (C=O) groups is 1. The lowest BCUT2D eigenvalue weighted by atomic mass is 10.1. The summed E-state index contributed by atoms with van der Waals surface area (Å²) in [6.07, 6.45) is 6.54. The van der Waals surface area contributed by atoms with Gasteiger partial charge in [0.2, 0.25) is 5.91 Å². The predicted octanol–water partition coefficient (Wildman–Crippen LogP) is 1.14. The zero-order chi connectivity index (χ0) is 12.5. The summed E-state index contributed by atoms with van der Waals surface area (Å²) in [5.74, 6) is 0.175. The molecule has 0 saturated carbocycles. The van der Waals surface area contributed by atoms with Crippen molar-refractivity contribution in [3.8, 4) is 0 Å². The van der Waals surface area contributed by atoms with Gasteiger partial charge in [0, 0.05) is 13.1 Å². The van der Waals surface area contributed by atoms with Crippen molar-refractivity contribution < 1.29 is 9.90 Å². The molecule has 1 unspecified atom stereocenters. The Kier molecular flexibility index (Phi) is 7.21. The molecule has 17 heavy (non-hydrogen) atoms. The molecule has 1 aliphatic rings. The number of aliphatic hydroxyl groups is 1. The van der Waals surface area contributed by atoms with Crippen molar-refractivity contribution in [1.29, 1.82) is 0 Å². The van der Waals surface area contributed by atoms with Gasteiger partial charge in [-0.15, -0.1) is 0 Å². The van der Waals surface area contributed by atoms with E-state index in [-0.39, 0.29) is 18.6 Å². The number of nitrogens with zero attached hydrogens (tertiary/aromatic N) is 1. The smallest absolute Gasteiger partial charge is 0.239 e. The number of hydrogen-bond donors (Lipinski definition) is 2. The van der Waals surface area contributed by atoms with Crippen molar-refractivity contribution in [1.82, 2.24) is 10.2 Å². The normalized spacial score (nSPS) is 20.9. The molecule has 1 atom stereocenters. The lowest BCUT2D eigenvalue weighted by molar-refractivity contribution is -0.134. The van der Waals surface area contributed by atoms with Gasteiger partial charge in [-0.25, -0.2) is 0 Å². The van der Waals surface area contributed by atoms with Crippen LogP contribution in [0.15, 0.2) is 0 Å². The first-order valence-electron chi connectivity index (χ1n) is 6.92. The van der Waals surface area contributed by atoms with E-state index in [1.807, 2.05) is 4.90 Å². The van der Waals surface area contributed by atoms with E-state index >= 15 is 0 Å². The van der Waals surface area contributed by atoms with Gasteiger partial charge in [0.15, 0.2) is 0 Å². The summed E-state index contributed by atoms with van der Waals surface area (Å²) < 4.78 is 0. The fourth-order valence-corrected chi connectivity index (χ4v) is 2.26. The first-order valence-corrected chi connectivity index (χ1v) is 6.92. The Labute approximate surface area is 104 Å². The molecule has 0 aromatic carbocycles. The quantitative estimate of drug-likeness (QED) is 0.734. The van der Waals surface area contributed by atoms with Gasteiger partial charge in [-0.1, -0.05) is 26.2 Å². The molecule has 1 heterocycles. The van der Waals surface area contributed by atoms with E-state index in [9.17, 15) is 4.79 Å². The van der Waals surface area contributed by atoms with Gasteiger partial charge in [0.1, 0.15) is 0 Å². The molecule has 0 aliphatic carbocycles. The van der Waals surface area contributed by atoms with Crippen LogP contribution >= 0.6 is 0 Å². The Balaban J connectivity index is 2.48. The van der Waals surface area contributed by atoms with Crippen molar-refractivity contribution in [3.63, 3.8) is 0 Å². The molecule has 1 rings (SSSR count). The fraction of sp³-hybridized carbons (Fsp3) is 0.923. The summed E-state index contributed by atoms with van der Waals surface area (Å²) in [7, 11) is 0.